The SMILES string of the molecule is CC1CN(CC(=O)N2CCCCC2)C(C)CN1. The fraction of sp³-hybridized carbons (Fsp3) is 0.923. The third-order valence-electron chi connectivity index (χ3n) is 3.94. The van der Waals surface area contributed by atoms with Crippen LogP contribution in [0.4, 0.5) is 0 Å². The van der Waals surface area contributed by atoms with Gasteiger partial charge >= 0.3 is 0 Å². The number of carbonyl (C=O) groups excluding carboxylic acids is 1. The second-order valence-corrected chi connectivity index (χ2v) is 5.53. The van der Waals surface area contributed by atoms with Gasteiger partial charge in [-0.1, -0.05) is 0 Å². The summed E-state index contributed by atoms with van der Waals surface area (Å²) in [5.41, 5.74) is 0. The van der Waals surface area contributed by atoms with Crippen LogP contribution in [0, 0.1) is 0 Å². The van der Waals surface area contributed by atoms with Crippen molar-refractivity contribution in [2.45, 2.75) is 45.2 Å². The molecule has 4 nitrogen and oxygen atoms in total. The minimum absolute atomic E-state index is 0.325. The van der Waals surface area contributed by atoms with Crippen LogP contribution in [0.5, 0.6) is 0 Å². The van der Waals surface area contributed by atoms with Crippen molar-refractivity contribution < 1.29 is 4.79 Å². The van der Waals surface area contributed by atoms with Gasteiger partial charge in [0.15, 0.2) is 0 Å². The third-order valence-corrected chi connectivity index (χ3v) is 3.94. The lowest BCUT2D eigenvalue weighted by Gasteiger charge is -2.38. The molecule has 0 radical (unpaired) electrons. The molecule has 0 aliphatic carbocycles. The summed E-state index contributed by atoms with van der Waals surface area (Å²) in [5, 5.41) is 3.45. The number of hydrogen-bond donors (Lipinski definition) is 1. The topological polar surface area (TPSA) is 35.6 Å². The maximum atomic E-state index is 12.2. The van der Waals surface area contributed by atoms with Crippen molar-refractivity contribution in [3.8, 4) is 0 Å². The molecule has 2 unspecified atom stereocenters. The van der Waals surface area contributed by atoms with Crippen LogP contribution in [-0.2, 0) is 4.79 Å². The van der Waals surface area contributed by atoms with Crippen molar-refractivity contribution in [3.05, 3.63) is 0 Å². The normalized spacial score (nSPS) is 31.5. The monoisotopic (exact) mass is 239 g/mol. The Bertz CT molecular complexity index is 263. The minimum atomic E-state index is 0.325. The van der Waals surface area contributed by atoms with Crippen molar-refractivity contribution >= 4 is 5.91 Å². The van der Waals surface area contributed by atoms with Crippen molar-refractivity contribution in [1.29, 1.82) is 0 Å². The van der Waals surface area contributed by atoms with Gasteiger partial charge in [0.25, 0.3) is 0 Å². The molecule has 2 aliphatic heterocycles. The first-order chi connectivity index (χ1) is 8.16. The summed E-state index contributed by atoms with van der Waals surface area (Å²) in [7, 11) is 0. The number of carbonyl (C=O) groups is 1. The molecule has 0 spiro atoms. The van der Waals surface area contributed by atoms with Gasteiger partial charge in [-0.3, -0.25) is 9.69 Å². The van der Waals surface area contributed by atoms with Gasteiger partial charge in [-0.15, -0.1) is 0 Å². The van der Waals surface area contributed by atoms with E-state index in [2.05, 4.69) is 24.1 Å². The summed E-state index contributed by atoms with van der Waals surface area (Å²) in [6.07, 6.45) is 3.64. The highest BCUT2D eigenvalue weighted by Gasteiger charge is 2.26. The van der Waals surface area contributed by atoms with E-state index in [1.54, 1.807) is 0 Å². The number of amides is 1. The molecule has 2 heterocycles. The molecule has 2 fully saturated rings. The predicted octanol–water partition coefficient (Wildman–Crippen LogP) is 0.681. The first-order valence-corrected chi connectivity index (χ1v) is 6.92. The van der Waals surface area contributed by atoms with Gasteiger partial charge in [-0.05, 0) is 33.1 Å². The molecule has 17 heavy (non-hydrogen) atoms. The van der Waals surface area contributed by atoms with E-state index < -0.39 is 0 Å². The molecule has 2 saturated heterocycles. The number of piperazine rings is 1. The van der Waals surface area contributed by atoms with Crippen LogP contribution in [0.2, 0.25) is 0 Å². The number of likely N-dealkylation sites (tertiary alicyclic amines) is 1. The summed E-state index contributed by atoms with van der Waals surface area (Å²) in [6.45, 7) is 8.90. The molecule has 0 aromatic rings. The fourth-order valence-electron chi connectivity index (χ4n) is 2.73. The van der Waals surface area contributed by atoms with Crippen molar-refractivity contribution in [2.75, 3.05) is 32.7 Å². The second-order valence-electron chi connectivity index (χ2n) is 5.53. The highest BCUT2D eigenvalue weighted by molar-refractivity contribution is 5.78. The van der Waals surface area contributed by atoms with Crippen LogP contribution in [0.3, 0.4) is 0 Å². The van der Waals surface area contributed by atoms with E-state index in [0.29, 0.717) is 24.5 Å². The summed E-state index contributed by atoms with van der Waals surface area (Å²) in [6, 6.07) is 0.972. The van der Waals surface area contributed by atoms with E-state index in [0.717, 1.165) is 26.2 Å². The largest absolute Gasteiger partial charge is 0.342 e. The van der Waals surface area contributed by atoms with Crippen molar-refractivity contribution in [2.24, 2.45) is 0 Å². The van der Waals surface area contributed by atoms with Crippen molar-refractivity contribution in [3.63, 3.8) is 0 Å². The van der Waals surface area contributed by atoms with E-state index in [-0.39, 0.29) is 0 Å². The maximum absolute atomic E-state index is 12.2. The summed E-state index contributed by atoms with van der Waals surface area (Å²) in [4.78, 5) is 16.5. The highest BCUT2D eigenvalue weighted by atomic mass is 16.2. The Kier molecular flexibility index (Phi) is 4.40. The molecule has 4 heteroatoms. The molecule has 98 valence electrons. The standard InChI is InChI=1S/C13H25N3O/c1-11-9-16(12(2)8-14-11)10-13(17)15-6-4-3-5-7-15/h11-12,14H,3-10H2,1-2H3. The summed E-state index contributed by atoms with van der Waals surface area (Å²) in [5.74, 6) is 0.325. The Morgan fingerprint density at radius 1 is 1.24 bits per heavy atom. The first kappa shape index (κ1) is 12.8. The number of hydrogen-bond acceptors (Lipinski definition) is 3. The highest BCUT2D eigenvalue weighted by Crippen LogP contribution is 2.11. The second kappa shape index (κ2) is 5.83. The number of nitrogens with one attached hydrogen (secondary N) is 1. The van der Waals surface area contributed by atoms with Crippen LogP contribution in [-0.4, -0.2) is 60.5 Å². The Morgan fingerprint density at radius 2 is 1.94 bits per heavy atom. The minimum Gasteiger partial charge on any atom is -0.342 e. The van der Waals surface area contributed by atoms with Gasteiger partial charge in [0.1, 0.15) is 0 Å². The molecule has 2 aliphatic rings. The smallest absolute Gasteiger partial charge is 0.236 e. The zero-order valence-electron chi connectivity index (χ0n) is 11.1. The van der Waals surface area contributed by atoms with Gasteiger partial charge in [-0.25, -0.2) is 0 Å². The van der Waals surface area contributed by atoms with E-state index in [1.807, 2.05) is 4.90 Å². The molecule has 0 aromatic heterocycles. The third kappa shape index (κ3) is 3.42. The molecular weight excluding hydrogens is 214 g/mol. The van der Waals surface area contributed by atoms with Gasteiger partial charge in [0.05, 0.1) is 6.54 Å². The molecule has 2 atom stereocenters. The van der Waals surface area contributed by atoms with E-state index in [4.69, 9.17) is 0 Å². The lowest BCUT2D eigenvalue weighted by molar-refractivity contribution is -0.134. The fourth-order valence-corrected chi connectivity index (χ4v) is 2.73. The van der Waals surface area contributed by atoms with Gasteiger partial charge < -0.3 is 10.2 Å². The van der Waals surface area contributed by atoms with Gasteiger partial charge in [0.2, 0.25) is 5.91 Å². The van der Waals surface area contributed by atoms with Crippen LogP contribution in [0.25, 0.3) is 0 Å². The van der Waals surface area contributed by atoms with Crippen LogP contribution in [0.1, 0.15) is 33.1 Å². The lowest BCUT2D eigenvalue weighted by atomic mass is 10.1. The molecule has 0 aromatic carbocycles. The molecular formula is C13H25N3O. The van der Waals surface area contributed by atoms with E-state index in [1.165, 1.54) is 19.3 Å². The Balaban J connectivity index is 1.83. The molecule has 1 N–H and O–H groups in total. The molecule has 0 bridgehead atoms. The zero-order valence-corrected chi connectivity index (χ0v) is 11.1. The average Bonchev–Trinajstić information content (AvgIpc) is 2.35. The quantitative estimate of drug-likeness (QED) is 0.770. The molecule has 0 saturated carbocycles. The molecule has 1 amide bonds. The Hall–Kier alpha value is -0.610. The summed E-state index contributed by atoms with van der Waals surface area (Å²) < 4.78 is 0. The predicted molar refractivity (Wildman–Crippen MR) is 68.9 cm³/mol. The first-order valence-electron chi connectivity index (χ1n) is 6.92. The van der Waals surface area contributed by atoms with Crippen LogP contribution in [0.15, 0.2) is 0 Å². The lowest BCUT2D eigenvalue weighted by Crippen LogP contribution is -2.57. The number of piperidine rings is 1. The number of nitrogens with zero attached hydrogens (tertiary/aromatic N) is 2. The maximum Gasteiger partial charge on any atom is 0.236 e. The van der Waals surface area contributed by atoms with Crippen LogP contribution >= 0.6 is 0 Å². The zero-order chi connectivity index (χ0) is 12.3. The number of rotatable bonds is 2. The Labute approximate surface area is 104 Å². The van der Waals surface area contributed by atoms with Gasteiger partial charge in [0, 0.05) is 38.3 Å². The van der Waals surface area contributed by atoms with Crippen LogP contribution < -0.4 is 5.32 Å². The molecule has 2 rings (SSSR count). The van der Waals surface area contributed by atoms with Crippen molar-refractivity contribution in [1.82, 2.24) is 15.1 Å². The average molecular weight is 239 g/mol. The van der Waals surface area contributed by atoms with Gasteiger partial charge in [-0.2, -0.15) is 0 Å². The summed E-state index contributed by atoms with van der Waals surface area (Å²) >= 11 is 0. The Morgan fingerprint density at radius 3 is 2.65 bits per heavy atom. The van der Waals surface area contributed by atoms with E-state index in [9.17, 15) is 4.79 Å². The van der Waals surface area contributed by atoms with E-state index >= 15 is 0 Å².